The molecule has 0 bridgehead atoms. The van der Waals surface area contributed by atoms with Crippen LogP contribution in [-0.2, 0) is 18.9 Å². The molecule has 3 unspecified atom stereocenters. The van der Waals surface area contributed by atoms with E-state index in [4.69, 9.17) is 23.9 Å². The molecule has 2 aliphatic heterocycles. The number of rotatable bonds is 6. The third-order valence-corrected chi connectivity index (χ3v) is 8.25. The van der Waals surface area contributed by atoms with Gasteiger partial charge in [0.05, 0.1) is 20.3 Å². The number of ether oxygens (including phenoxy) is 4. The van der Waals surface area contributed by atoms with Gasteiger partial charge in [-0.3, -0.25) is 9.98 Å². The fourth-order valence-electron chi connectivity index (χ4n) is 4.42. The minimum Gasteiger partial charge on any atom is -0.506 e. The minimum absolute atomic E-state index is 0.0980. The first-order chi connectivity index (χ1) is 16.9. The van der Waals surface area contributed by atoms with Crippen molar-refractivity contribution in [2.45, 2.75) is 50.6 Å². The molecule has 2 heterocycles. The number of benzene rings is 2. The van der Waals surface area contributed by atoms with E-state index in [1.54, 1.807) is 19.5 Å². The van der Waals surface area contributed by atoms with Crippen LogP contribution in [0.25, 0.3) is 0 Å². The highest BCUT2D eigenvalue weighted by Gasteiger charge is 2.58. The third kappa shape index (κ3) is 6.01. The van der Waals surface area contributed by atoms with Crippen molar-refractivity contribution in [1.29, 1.82) is 0 Å². The molecule has 0 aliphatic carbocycles. The van der Waals surface area contributed by atoms with E-state index in [0.29, 0.717) is 11.1 Å². The van der Waals surface area contributed by atoms with Gasteiger partial charge in [-0.05, 0) is 118 Å². The molecular weight excluding hydrogens is 805 g/mol. The van der Waals surface area contributed by atoms with Crippen LogP contribution in [0.1, 0.15) is 30.5 Å². The molecule has 0 radical (unpaired) electrons. The molecule has 11 heteroatoms. The SMILES string of the molecule is COC1C2OC(C)(C)O[C@H]2COC1(CN=Cc1cc(C)cc(I)c1O)/N=C/c1cc(I)cc(I)c1O. The highest BCUT2D eigenvalue weighted by molar-refractivity contribution is 14.1. The highest BCUT2D eigenvalue weighted by Crippen LogP contribution is 2.41. The fraction of sp³-hybridized carbons (Fsp3) is 0.440. The van der Waals surface area contributed by atoms with Gasteiger partial charge in [0.1, 0.15) is 29.8 Å². The maximum Gasteiger partial charge on any atom is 0.207 e. The Morgan fingerprint density at radius 2 is 1.69 bits per heavy atom. The maximum atomic E-state index is 10.6. The summed E-state index contributed by atoms with van der Waals surface area (Å²) in [4.78, 5) is 9.46. The summed E-state index contributed by atoms with van der Waals surface area (Å²) >= 11 is 6.38. The average molecular weight is 832 g/mol. The Balaban J connectivity index is 1.73. The summed E-state index contributed by atoms with van der Waals surface area (Å²) in [6.07, 6.45) is 1.83. The van der Waals surface area contributed by atoms with E-state index in [1.807, 2.05) is 45.0 Å². The van der Waals surface area contributed by atoms with Gasteiger partial charge in [0.25, 0.3) is 0 Å². The summed E-state index contributed by atoms with van der Waals surface area (Å²) in [5.41, 5.74) is 0.931. The molecule has 0 saturated carbocycles. The van der Waals surface area contributed by atoms with Crippen LogP contribution < -0.4 is 0 Å². The van der Waals surface area contributed by atoms with Gasteiger partial charge in [-0.25, -0.2) is 0 Å². The average Bonchev–Trinajstić information content (AvgIpc) is 3.12. The third-order valence-electron chi connectivity index (χ3n) is 5.98. The van der Waals surface area contributed by atoms with Gasteiger partial charge in [0.15, 0.2) is 5.79 Å². The second kappa shape index (κ2) is 11.3. The van der Waals surface area contributed by atoms with Crippen molar-refractivity contribution in [3.8, 4) is 11.5 Å². The standard InChI is InChI=1S/C25H27I3N2O6/c1-13-5-14(20(31)17(27)6-13)9-29-12-25(30-10-15-7-16(26)8-18(28)21(15)32)23(33-4)22-19(11-34-25)35-24(2,3)36-22/h5-10,19,22-23,31-32H,11-12H2,1-4H3/b29-9?,30-10+/t19-,22?,23?,25?/m0/s1. The van der Waals surface area contributed by atoms with E-state index in [0.717, 1.165) is 16.3 Å². The van der Waals surface area contributed by atoms with Crippen LogP contribution in [0.3, 0.4) is 0 Å². The lowest BCUT2D eigenvalue weighted by Gasteiger charge is -2.43. The number of hydrogen-bond acceptors (Lipinski definition) is 8. The number of nitrogens with zero attached hydrogens (tertiary/aromatic N) is 2. The normalized spacial score (nSPS) is 27.7. The van der Waals surface area contributed by atoms with Gasteiger partial charge in [-0.2, -0.15) is 0 Å². The zero-order chi connectivity index (χ0) is 26.3. The van der Waals surface area contributed by atoms with E-state index < -0.39 is 23.7 Å². The zero-order valence-electron chi connectivity index (χ0n) is 20.2. The second-order valence-electron chi connectivity index (χ2n) is 9.19. The molecule has 194 valence electrons. The maximum absolute atomic E-state index is 10.6. The van der Waals surface area contributed by atoms with Crippen LogP contribution in [0.4, 0.5) is 0 Å². The van der Waals surface area contributed by atoms with E-state index in [2.05, 4.69) is 72.8 Å². The van der Waals surface area contributed by atoms with Crippen LogP contribution in [0.2, 0.25) is 0 Å². The molecular formula is C25H27I3N2O6. The molecule has 2 N–H and O–H groups in total. The van der Waals surface area contributed by atoms with E-state index in [1.165, 1.54) is 0 Å². The summed E-state index contributed by atoms with van der Waals surface area (Å²) in [6, 6.07) is 7.50. The van der Waals surface area contributed by atoms with Crippen LogP contribution in [-0.4, -0.2) is 72.7 Å². The number of phenols is 2. The van der Waals surface area contributed by atoms with Crippen LogP contribution in [0.15, 0.2) is 34.3 Å². The van der Waals surface area contributed by atoms with E-state index >= 15 is 0 Å². The van der Waals surface area contributed by atoms with Gasteiger partial charge in [-0.15, -0.1) is 0 Å². The topological polar surface area (TPSA) is 102 Å². The molecule has 4 rings (SSSR count). The van der Waals surface area contributed by atoms with Crippen LogP contribution in [0, 0.1) is 17.6 Å². The zero-order valence-corrected chi connectivity index (χ0v) is 26.6. The Hall–Kier alpha value is -0.590. The highest BCUT2D eigenvalue weighted by atomic mass is 127. The van der Waals surface area contributed by atoms with E-state index in [9.17, 15) is 10.2 Å². The monoisotopic (exact) mass is 832 g/mol. The van der Waals surface area contributed by atoms with Gasteiger partial charge >= 0.3 is 0 Å². The first-order valence-corrected chi connectivity index (χ1v) is 14.4. The number of phenolic OH excluding ortho intramolecular Hbond substituents is 2. The Morgan fingerprint density at radius 1 is 1.03 bits per heavy atom. The van der Waals surface area contributed by atoms with Crippen LogP contribution in [0.5, 0.6) is 11.5 Å². The number of halogens is 3. The van der Waals surface area contributed by atoms with Crippen molar-refractivity contribution in [2.24, 2.45) is 9.98 Å². The van der Waals surface area contributed by atoms with Gasteiger partial charge in [0.2, 0.25) is 5.72 Å². The van der Waals surface area contributed by atoms with Crippen LogP contribution >= 0.6 is 67.8 Å². The molecule has 0 aromatic heterocycles. The summed E-state index contributed by atoms with van der Waals surface area (Å²) in [7, 11) is 1.58. The van der Waals surface area contributed by atoms with Crippen molar-refractivity contribution < 1.29 is 29.2 Å². The van der Waals surface area contributed by atoms with Gasteiger partial charge in [-0.1, -0.05) is 0 Å². The van der Waals surface area contributed by atoms with Crippen molar-refractivity contribution in [3.05, 3.63) is 51.7 Å². The minimum atomic E-state index is -1.25. The van der Waals surface area contributed by atoms with Crippen molar-refractivity contribution in [1.82, 2.24) is 0 Å². The van der Waals surface area contributed by atoms with Crippen molar-refractivity contribution in [3.63, 3.8) is 0 Å². The first kappa shape index (κ1) is 28.4. The number of methoxy groups -OCH3 is 1. The number of hydrogen-bond donors (Lipinski definition) is 2. The molecule has 2 aliphatic rings. The molecule has 2 fully saturated rings. The van der Waals surface area contributed by atoms with Gasteiger partial charge in [0, 0.05) is 34.2 Å². The lowest BCUT2D eigenvalue weighted by atomic mass is 9.94. The number of aryl methyl sites for hydroxylation is 1. The largest absolute Gasteiger partial charge is 0.506 e. The molecule has 0 amide bonds. The molecule has 4 atom stereocenters. The molecule has 0 spiro atoms. The Morgan fingerprint density at radius 3 is 2.39 bits per heavy atom. The van der Waals surface area contributed by atoms with Gasteiger partial charge < -0.3 is 29.2 Å². The Kier molecular flexibility index (Phi) is 8.89. The van der Waals surface area contributed by atoms with E-state index in [-0.39, 0.29) is 30.8 Å². The Bertz CT molecular complexity index is 1200. The molecule has 2 aromatic carbocycles. The summed E-state index contributed by atoms with van der Waals surface area (Å²) in [5, 5.41) is 21.1. The van der Waals surface area contributed by atoms with Crippen molar-refractivity contribution >= 4 is 80.2 Å². The smallest absolute Gasteiger partial charge is 0.207 e. The summed E-state index contributed by atoms with van der Waals surface area (Å²) < 4.78 is 26.9. The summed E-state index contributed by atoms with van der Waals surface area (Å²) in [6.45, 7) is 6.01. The lowest BCUT2D eigenvalue weighted by molar-refractivity contribution is -0.211. The van der Waals surface area contributed by atoms with Crippen molar-refractivity contribution in [2.75, 3.05) is 20.3 Å². The molecule has 36 heavy (non-hydrogen) atoms. The number of aromatic hydroxyl groups is 2. The fourth-order valence-corrected chi connectivity index (χ4v) is 7.11. The second-order valence-corrected chi connectivity index (χ2v) is 12.8. The number of aliphatic imine (C=N–C) groups is 2. The molecule has 2 saturated heterocycles. The predicted molar refractivity (Wildman–Crippen MR) is 162 cm³/mol. The molecule has 2 aromatic rings. The predicted octanol–water partition coefficient (Wildman–Crippen LogP) is 5.02. The number of fused-ring (bicyclic) bond motifs is 1. The lowest BCUT2D eigenvalue weighted by Crippen LogP contribution is -2.61. The molecule has 8 nitrogen and oxygen atoms in total. The quantitative estimate of drug-likeness (QED) is 0.314. The Labute approximate surface area is 251 Å². The first-order valence-electron chi connectivity index (χ1n) is 11.2. The summed E-state index contributed by atoms with van der Waals surface area (Å²) in [5.74, 6) is -0.475.